The molecule has 5 nitrogen and oxygen atoms in total. The standard InChI is InChI=1S/C19H16Cl2N4O/c20-15-7-3-1-5-13(15)11-23-18(26)17-9-10-22-19(25-17)24-12-14-6-2-4-8-16(14)21/h1-10H,11-12H2,(H,23,26)(H,22,24,25). The van der Waals surface area contributed by atoms with E-state index in [-0.39, 0.29) is 11.6 Å². The maximum atomic E-state index is 12.3. The van der Waals surface area contributed by atoms with Gasteiger partial charge in [0, 0.05) is 29.3 Å². The number of amides is 1. The predicted molar refractivity (Wildman–Crippen MR) is 103 cm³/mol. The molecule has 7 heteroatoms. The van der Waals surface area contributed by atoms with E-state index in [0.29, 0.717) is 29.1 Å². The van der Waals surface area contributed by atoms with Gasteiger partial charge in [0.1, 0.15) is 5.69 Å². The van der Waals surface area contributed by atoms with E-state index in [0.717, 1.165) is 11.1 Å². The Hall–Kier alpha value is -2.63. The zero-order valence-corrected chi connectivity index (χ0v) is 15.3. The van der Waals surface area contributed by atoms with Crippen molar-refractivity contribution in [1.29, 1.82) is 0 Å². The Labute approximate surface area is 161 Å². The molecule has 3 rings (SSSR count). The molecular formula is C19H16Cl2N4O. The smallest absolute Gasteiger partial charge is 0.270 e. The van der Waals surface area contributed by atoms with Gasteiger partial charge in [-0.2, -0.15) is 0 Å². The van der Waals surface area contributed by atoms with Crippen molar-refractivity contribution in [3.8, 4) is 0 Å². The molecule has 0 saturated heterocycles. The zero-order chi connectivity index (χ0) is 18.4. The van der Waals surface area contributed by atoms with Crippen LogP contribution in [0.4, 0.5) is 5.95 Å². The average molecular weight is 387 g/mol. The number of hydrogen-bond donors (Lipinski definition) is 2. The number of carbonyl (C=O) groups excluding carboxylic acids is 1. The molecule has 0 aliphatic carbocycles. The third kappa shape index (κ3) is 4.71. The number of nitrogens with zero attached hydrogens (tertiary/aromatic N) is 2. The minimum atomic E-state index is -0.298. The molecule has 2 N–H and O–H groups in total. The summed E-state index contributed by atoms with van der Waals surface area (Å²) in [6.07, 6.45) is 1.53. The second-order valence-corrected chi connectivity index (χ2v) is 6.30. The zero-order valence-electron chi connectivity index (χ0n) is 13.7. The van der Waals surface area contributed by atoms with Gasteiger partial charge in [-0.1, -0.05) is 59.6 Å². The molecule has 0 unspecified atom stereocenters. The van der Waals surface area contributed by atoms with Gasteiger partial charge in [0.25, 0.3) is 5.91 Å². The Bertz CT molecular complexity index is 917. The molecule has 0 fully saturated rings. The number of halogens is 2. The second kappa shape index (κ2) is 8.65. The molecule has 0 radical (unpaired) electrons. The molecule has 0 aliphatic heterocycles. The fourth-order valence-electron chi connectivity index (χ4n) is 2.29. The lowest BCUT2D eigenvalue weighted by atomic mass is 10.2. The molecule has 3 aromatic rings. The van der Waals surface area contributed by atoms with Crippen molar-refractivity contribution in [2.45, 2.75) is 13.1 Å². The molecule has 2 aromatic carbocycles. The van der Waals surface area contributed by atoms with Gasteiger partial charge in [0.15, 0.2) is 0 Å². The number of aromatic nitrogens is 2. The van der Waals surface area contributed by atoms with Crippen LogP contribution in [0.25, 0.3) is 0 Å². The lowest BCUT2D eigenvalue weighted by Crippen LogP contribution is -2.24. The quantitative estimate of drug-likeness (QED) is 0.661. The molecule has 1 aromatic heterocycles. The van der Waals surface area contributed by atoms with Crippen molar-refractivity contribution in [3.63, 3.8) is 0 Å². The predicted octanol–water partition coefficient (Wildman–Crippen LogP) is 4.33. The molecule has 0 aliphatic rings. The van der Waals surface area contributed by atoms with Crippen LogP contribution in [0.3, 0.4) is 0 Å². The highest BCUT2D eigenvalue weighted by atomic mass is 35.5. The summed E-state index contributed by atoms with van der Waals surface area (Å²) in [7, 11) is 0. The average Bonchev–Trinajstić information content (AvgIpc) is 2.67. The van der Waals surface area contributed by atoms with Crippen LogP contribution >= 0.6 is 23.2 Å². The Morgan fingerprint density at radius 2 is 1.50 bits per heavy atom. The van der Waals surface area contributed by atoms with Crippen LogP contribution in [0.1, 0.15) is 21.6 Å². The first kappa shape index (κ1) is 18.2. The van der Waals surface area contributed by atoms with E-state index in [2.05, 4.69) is 20.6 Å². The summed E-state index contributed by atoms with van der Waals surface area (Å²) in [6.45, 7) is 0.787. The monoisotopic (exact) mass is 386 g/mol. The molecule has 1 heterocycles. The SMILES string of the molecule is O=C(NCc1ccccc1Cl)c1ccnc(NCc2ccccc2Cl)n1. The van der Waals surface area contributed by atoms with Gasteiger partial charge in [-0.25, -0.2) is 9.97 Å². The molecule has 0 bridgehead atoms. The van der Waals surface area contributed by atoms with Crippen LogP contribution in [-0.4, -0.2) is 15.9 Å². The van der Waals surface area contributed by atoms with Gasteiger partial charge in [-0.05, 0) is 29.3 Å². The molecular weight excluding hydrogens is 371 g/mol. The van der Waals surface area contributed by atoms with Gasteiger partial charge in [-0.15, -0.1) is 0 Å². The number of anilines is 1. The van der Waals surface area contributed by atoms with Crippen LogP contribution in [0, 0.1) is 0 Å². The van der Waals surface area contributed by atoms with Crippen molar-refractivity contribution in [2.75, 3.05) is 5.32 Å². The van der Waals surface area contributed by atoms with Crippen LogP contribution in [-0.2, 0) is 13.1 Å². The Balaban J connectivity index is 1.62. The minimum absolute atomic E-state index is 0.272. The first-order chi connectivity index (χ1) is 12.6. The highest BCUT2D eigenvalue weighted by Gasteiger charge is 2.10. The number of hydrogen-bond acceptors (Lipinski definition) is 4. The molecule has 1 amide bonds. The van der Waals surface area contributed by atoms with Crippen molar-refractivity contribution >= 4 is 35.1 Å². The number of rotatable bonds is 6. The summed E-state index contributed by atoms with van der Waals surface area (Å²) < 4.78 is 0. The lowest BCUT2D eigenvalue weighted by molar-refractivity contribution is 0.0946. The minimum Gasteiger partial charge on any atom is -0.350 e. The van der Waals surface area contributed by atoms with Crippen LogP contribution in [0.2, 0.25) is 10.0 Å². The van der Waals surface area contributed by atoms with Gasteiger partial charge < -0.3 is 10.6 Å². The first-order valence-electron chi connectivity index (χ1n) is 7.95. The van der Waals surface area contributed by atoms with Crippen LogP contribution < -0.4 is 10.6 Å². The molecule has 0 saturated carbocycles. The van der Waals surface area contributed by atoms with Gasteiger partial charge in [0.05, 0.1) is 0 Å². The largest absolute Gasteiger partial charge is 0.350 e. The third-order valence-corrected chi connectivity index (χ3v) is 4.42. The van der Waals surface area contributed by atoms with E-state index in [1.807, 2.05) is 42.5 Å². The first-order valence-corrected chi connectivity index (χ1v) is 8.71. The third-order valence-electron chi connectivity index (χ3n) is 3.68. The maximum absolute atomic E-state index is 12.3. The Kier molecular flexibility index (Phi) is 6.04. The Morgan fingerprint density at radius 3 is 2.15 bits per heavy atom. The van der Waals surface area contributed by atoms with Crippen LogP contribution in [0.15, 0.2) is 60.8 Å². The molecule has 132 valence electrons. The fraction of sp³-hybridized carbons (Fsp3) is 0.105. The van der Waals surface area contributed by atoms with E-state index in [1.54, 1.807) is 12.1 Å². The van der Waals surface area contributed by atoms with E-state index < -0.39 is 0 Å². The molecule has 0 spiro atoms. The van der Waals surface area contributed by atoms with E-state index in [4.69, 9.17) is 23.2 Å². The topological polar surface area (TPSA) is 66.9 Å². The van der Waals surface area contributed by atoms with Crippen molar-refractivity contribution in [1.82, 2.24) is 15.3 Å². The van der Waals surface area contributed by atoms with E-state index in [9.17, 15) is 4.79 Å². The normalized spacial score (nSPS) is 10.4. The summed E-state index contributed by atoms with van der Waals surface area (Å²) in [4.78, 5) is 20.7. The fourth-order valence-corrected chi connectivity index (χ4v) is 2.70. The number of carbonyl (C=O) groups is 1. The van der Waals surface area contributed by atoms with Crippen molar-refractivity contribution in [3.05, 3.63) is 87.7 Å². The maximum Gasteiger partial charge on any atom is 0.270 e. The highest BCUT2D eigenvalue weighted by Crippen LogP contribution is 2.16. The summed E-state index contributed by atoms with van der Waals surface area (Å²) >= 11 is 12.2. The van der Waals surface area contributed by atoms with Crippen molar-refractivity contribution < 1.29 is 4.79 Å². The lowest BCUT2D eigenvalue weighted by Gasteiger charge is -2.09. The molecule has 0 atom stereocenters. The number of benzene rings is 2. The molecule has 26 heavy (non-hydrogen) atoms. The Morgan fingerprint density at radius 1 is 0.885 bits per heavy atom. The van der Waals surface area contributed by atoms with Crippen LogP contribution in [0.5, 0.6) is 0 Å². The summed E-state index contributed by atoms with van der Waals surface area (Å²) in [5.74, 6) is 0.0587. The van der Waals surface area contributed by atoms with Crippen molar-refractivity contribution in [2.24, 2.45) is 0 Å². The van der Waals surface area contributed by atoms with Gasteiger partial charge >= 0.3 is 0 Å². The highest BCUT2D eigenvalue weighted by molar-refractivity contribution is 6.31. The van der Waals surface area contributed by atoms with Gasteiger partial charge in [0.2, 0.25) is 5.95 Å². The summed E-state index contributed by atoms with van der Waals surface area (Å²) in [6, 6.07) is 16.4. The van der Waals surface area contributed by atoms with E-state index in [1.165, 1.54) is 6.20 Å². The van der Waals surface area contributed by atoms with Gasteiger partial charge in [-0.3, -0.25) is 4.79 Å². The van der Waals surface area contributed by atoms with E-state index >= 15 is 0 Å². The second-order valence-electron chi connectivity index (χ2n) is 5.48. The summed E-state index contributed by atoms with van der Waals surface area (Å²) in [5.41, 5.74) is 2.04. The summed E-state index contributed by atoms with van der Waals surface area (Å²) in [5, 5.41) is 7.15. The number of nitrogens with one attached hydrogen (secondary N) is 2.